The summed E-state index contributed by atoms with van der Waals surface area (Å²) in [6, 6.07) is 0. The molecule has 3 rings (SSSR count). The topological polar surface area (TPSA) is 27.7 Å². The van der Waals surface area contributed by atoms with Crippen LogP contribution < -0.4 is 0 Å². The number of ether oxygens (including phenoxy) is 3. The van der Waals surface area contributed by atoms with Gasteiger partial charge in [-0.1, -0.05) is 0 Å². The molecule has 3 aliphatic rings. The monoisotopic (exact) mass is 498 g/mol. The zero-order chi connectivity index (χ0) is 20.1. The molecule has 5 atom stereocenters. The number of hydrogen-bond acceptors (Lipinski definition) is 3. The van der Waals surface area contributed by atoms with Crippen LogP contribution in [0.4, 0.5) is 0 Å². The molecule has 0 saturated carbocycles. The van der Waals surface area contributed by atoms with E-state index in [1.54, 1.807) is 5.57 Å². The normalized spacial score (nSPS) is 34.1. The van der Waals surface area contributed by atoms with Crippen LogP contribution in [0.1, 0.15) is 66.2 Å². The molecule has 0 aromatic rings. The summed E-state index contributed by atoms with van der Waals surface area (Å²) in [5.74, 6) is 0.729. The Bertz CT molecular complexity index is 536. The second kappa shape index (κ2) is 10.5. The standard InChI is InChI=1S/C12H15O3.3C4H9.Sn/c1-6-4-13-11-8(3)15-12-10(9(6)11)7(2)5-14-12;3*1-3-4-2;/h2,8-12H,1,4-5H2,3H3;3*1,3-4H2,2H3;/t8-,9+,10-,11-,12+;;;;/m0..../s1. The summed E-state index contributed by atoms with van der Waals surface area (Å²) in [6.45, 7) is 15.0. The van der Waals surface area contributed by atoms with Crippen molar-refractivity contribution in [3.8, 4) is 0 Å². The van der Waals surface area contributed by atoms with Gasteiger partial charge in [-0.05, 0) is 0 Å². The molecule has 0 aromatic heterocycles. The van der Waals surface area contributed by atoms with E-state index in [1.165, 1.54) is 57.4 Å². The molecule has 0 bridgehead atoms. The van der Waals surface area contributed by atoms with Gasteiger partial charge in [0.15, 0.2) is 0 Å². The van der Waals surface area contributed by atoms with Gasteiger partial charge in [0.05, 0.1) is 0 Å². The second-order valence-corrected chi connectivity index (χ2v) is 22.3. The molecule has 0 unspecified atom stereocenters. The minimum atomic E-state index is -2.35. The molecule has 0 N–H and O–H groups in total. The number of hydrogen-bond donors (Lipinski definition) is 0. The van der Waals surface area contributed by atoms with Crippen LogP contribution in [-0.4, -0.2) is 50.1 Å². The van der Waals surface area contributed by atoms with Crippen LogP contribution in [-0.2, 0) is 14.2 Å². The Morgan fingerprint density at radius 3 is 2.11 bits per heavy atom. The predicted octanol–water partition coefficient (Wildman–Crippen LogP) is 6.26. The summed E-state index contributed by atoms with van der Waals surface area (Å²) in [5, 5.41) is 0. The van der Waals surface area contributed by atoms with E-state index in [-0.39, 0.29) is 18.5 Å². The fourth-order valence-corrected chi connectivity index (χ4v) is 21.1. The SMILES string of the molecule is C=C1CO[C@@H]2[C@H]1[C@@H]1/C(=[CH]/[Sn]([CH2]CCC)([CH2]CCC)[CH2]CCC)CO[C@@H]1O[C@H]2C. The quantitative estimate of drug-likeness (QED) is 0.263. The zero-order valence-corrected chi connectivity index (χ0v) is 21.5. The maximum absolute atomic E-state index is 6.25. The Morgan fingerprint density at radius 1 is 0.929 bits per heavy atom. The molecule has 0 aromatic carbocycles. The molecular weight excluding hydrogens is 455 g/mol. The molecule has 3 aliphatic heterocycles. The number of unbranched alkanes of at least 4 members (excludes halogenated alkanes) is 3. The van der Waals surface area contributed by atoms with Crippen molar-refractivity contribution in [3.05, 3.63) is 21.8 Å². The average Bonchev–Trinajstić information content (AvgIpc) is 3.26. The Balaban J connectivity index is 1.90. The van der Waals surface area contributed by atoms with Gasteiger partial charge >= 0.3 is 177 Å². The first kappa shape index (κ1) is 22.8. The van der Waals surface area contributed by atoms with Crippen molar-refractivity contribution in [2.24, 2.45) is 11.8 Å². The maximum atomic E-state index is 6.25. The van der Waals surface area contributed by atoms with Crippen molar-refractivity contribution in [2.75, 3.05) is 13.2 Å². The van der Waals surface area contributed by atoms with Gasteiger partial charge in [-0.3, -0.25) is 0 Å². The number of rotatable bonds is 10. The molecule has 3 heterocycles. The first-order valence-corrected chi connectivity index (χ1v) is 19.5. The van der Waals surface area contributed by atoms with Crippen LogP contribution in [0.15, 0.2) is 21.8 Å². The van der Waals surface area contributed by atoms with E-state index in [4.69, 9.17) is 14.2 Å². The van der Waals surface area contributed by atoms with Crippen LogP contribution in [0.2, 0.25) is 13.3 Å². The average molecular weight is 497 g/mol. The minimum absolute atomic E-state index is 0.0894. The van der Waals surface area contributed by atoms with Gasteiger partial charge in [-0.15, -0.1) is 0 Å². The van der Waals surface area contributed by atoms with Crippen LogP contribution in [0.25, 0.3) is 0 Å². The third-order valence-corrected chi connectivity index (χ3v) is 21.6. The molecule has 0 radical (unpaired) electrons. The molecule has 0 aliphatic carbocycles. The Kier molecular flexibility index (Phi) is 8.53. The van der Waals surface area contributed by atoms with Crippen LogP contribution >= 0.6 is 0 Å². The van der Waals surface area contributed by atoms with E-state index in [1.807, 2.05) is 0 Å². The predicted molar refractivity (Wildman–Crippen MR) is 119 cm³/mol. The summed E-state index contributed by atoms with van der Waals surface area (Å²) < 4.78 is 25.9. The zero-order valence-electron chi connectivity index (χ0n) is 18.7. The molecule has 160 valence electrons. The first-order chi connectivity index (χ1) is 13.5. The molecule has 0 spiro atoms. The van der Waals surface area contributed by atoms with E-state index < -0.39 is 18.4 Å². The fourth-order valence-electron chi connectivity index (χ4n) is 5.60. The summed E-state index contributed by atoms with van der Waals surface area (Å²) in [5.41, 5.74) is 2.81. The van der Waals surface area contributed by atoms with Crippen molar-refractivity contribution in [1.29, 1.82) is 0 Å². The summed E-state index contributed by atoms with van der Waals surface area (Å²) in [7, 11) is 0. The molecule has 3 nitrogen and oxygen atoms in total. The summed E-state index contributed by atoms with van der Waals surface area (Å²) in [4.78, 5) is 0. The van der Waals surface area contributed by atoms with Crippen molar-refractivity contribution in [3.63, 3.8) is 0 Å². The van der Waals surface area contributed by atoms with Gasteiger partial charge in [0.25, 0.3) is 0 Å². The molecule has 28 heavy (non-hydrogen) atoms. The van der Waals surface area contributed by atoms with E-state index in [2.05, 4.69) is 38.4 Å². The van der Waals surface area contributed by atoms with Crippen LogP contribution in [0.5, 0.6) is 0 Å². The molecule has 3 fully saturated rings. The van der Waals surface area contributed by atoms with E-state index in [0.29, 0.717) is 18.4 Å². The summed E-state index contributed by atoms with van der Waals surface area (Å²) >= 11 is -2.35. The van der Waals surface area contributed by atoms with E-state index in [9.17, 15) is 0 Å². The fraction of sp³-hybridized carbons (Fsp3) is 0.833. The number of fused-ring (bicyclic) bond motifs is 3. The van der Waals surface area contributed by atoms with Crippen molar-refractivity contribution in [2.45, 2.75) is 98.0 Å². The van der Waals surface area contributed by atoms with Gasteiger partial charge in [0.2, 0.25) is 0 Å². The molecule has 4 heteroatoms. The molecule has 3 saturated heterocycles. The third kappa shape index (κ3) is 4.90. The molecular formula is C24H42O3Sn. The van der Waals surface area contributed by atoms with Crippen molar-refractivity contribution in [1.82, 2.24) is 0 Å². The Morgan fingerprint density at radius 2 is 1.54 bits per heavy atom. The van der Waals surface area contributed by atoms with Crippen molar-refractivity contribution >= 4 is 18.4 Å². The first-order valence-electron chi connectivity index (χ1n) is 11.8. The third-order valence-electron chi connectivity index (χ3n) is 7.20. The molecule has 0 amide bonds. The summed E-state index contributed by atoms with van der Waals surface area (Å²) in [6.07, 6.45) is 8.32. The van der Waals surface area contributed by atoms with Gasteiger partial charge in [-0.2, -0.15) is 0 Å². The second-order valence-electron chi connectivity index (χ2n) is 9.40. The van der Waals surface area contributed by atoms with E-state index in [0.717, 1.165) is 6.61 Å². The van der Waals surface area contributed by atoms with Gasteiger partial charge in [0.1, 0.15) is 0 Å². The Labute approximate surface area is 177 Å². The van der Waals surface area contributed by atoms with E-state index >= 15 is 0 Å². The van der Waals surface area contributed by atoms with Crippen LogP contribution in [0, 0.1) is 11.8 Å². The van der Waals surface area contributed by atoms with Gasteiger partial charge < -0.3 is 0 Å². The van der Waals surface area contributed by atoms with Crippen molar-refractivity contribution < 1.29 is 14.2 Å². The Hall–Kier alpha value is 0.159. The van der Waals surface area contributed by atoms with Crippen LogP contribution in [0.3, 0.4) is 0 Å². The van der Waals surface area contributed by atoms with Gasteiger partial charge in [0, 0.05) is 0 Å². The van der Waals surface area contributed by atoms with Gasteiger partial charge in [-0.25, -0.2) is 0 Å².